The molecule has 9 heteroatoms. The number of rotatable bonds is 7. The zero-order valence-electron chi connectivity index (χ0n) is 17.7. The lowest BCUT2D eigenvalue weighted by molar-refractivity contribution is -0.139. The fraction of sp³-hybridized carbons (Fsp3) is 0.125. The maximum atomic E-state index is 12.7. The highest BCUT2D eigenvalue weighted by Crippen LogP contribution is 2.28. The highest BCUT2D eigenvalue weighted by molar-refractivity contribution is 6.33. The number of halogens is 2. The number of para-hydroxylation sites is 1. The zero-order chi connectivity index (χ0) is 24.0. The lowest BCUT2D eigenvalue weighted by atomic mass is 10.1. The average molecular weight is 484 g/mol. The minimum atomic E-state index is -1.48. The van der Waals surface area contributed by atoms with E-state index < -0.39 is 23.7 Å². The standard InChI is InChI=1S/C24H19Cl2N3O4/c1-14-18(25)9-6-10-20(14)27-23(31)16-11-12-19(26)21(13-16)28-29-22(15(2)30)24(32)33-17-7-4-3-5-8-17/h3-13,22H,1-2H3,(H,27,31). The summed E-state index contributed by atoms with van der Waals surface area (Å²) in [4.78, 5) is 37.1. The van der Waals surface area contributed by atoms with Gasteiger partial charge in [0.1, 0.15) is 11.4 Å². The molecule has 0 radical (unpaired) electrons. The van der Waals surface area contributed by atoms with Crippen LogP contribution in [0.2, 0.25) is 10.0 Å². The van der Waals surface area contributed by atoms with Gasteiger partial charge in [-0.05, 0) is 61.9 Å². The van der Waals surface area contributed by atoms with Crippen LogP contribution in [0.25, 0.3) is 0 Å². The Bertz CT molecular complexity index is 1230. The molecule has 0 aliphatic carbocycles. The molecule has 33 heavy (non-hydrogen) atoms. The van der Waals surface area contributed by atoms with Gasteiger partial charge in [0.2, 0.25) is 6.04 Å². The Balaban J connectivity index is 1.80. The van der Waals surface area contributed by atoms with E-state index in [4.69, 9.17) is 27.9 Å². The topological polar surface area (TPSA) is 97.2 Å². The van der Waals surface area contributed by atoms with Crippen molar-refractivity contribution in [2.24, 2.45) is 10.2 Å². The molecule has 1 unspecified atom stereocenters. The lowest BCUT2D eigenvalue weighted by Gasteiger charge is -2.10. The minimum absolute atomic E-state index is 0.117. The van der Waals surface area contributed by atoms with Crippen molar-refractivity contribution in [2.75, 3.05) is 5.32 Å². The van der Waals surface area contributed by atoms with Gasteiger partial charge in [-0.25, -0.2) is 4.79 Å². The lowest BCUT2D eigenvalue weighted by Crippen LogP contribution is -2.30. The van der Waals surface area contributed by atoms with Gasteiger partial charge in [0.15, 0.2) is 5.78 Å². The zero-order valence-corrected chi connectivity index (χ0v) is 19.2. The normalized spacial score (nSPS) is 11.8. The molecule has 0 spiro atoms. The summed E-state index contributed by atoms with van der Waals surface area (Å²) >= 11 is 12.3. The van der Waals surface area contributed by atoms with Crippen LogP contribution in [0.5, 0.6) is 5.75 Å². The molecule has 0 aliphatic rings. The van der Waals surface area contributed by atoms with E-state index in [9.17, 15) is 14.4 Å². The summed E-state index contributed by atoms with van der Waals surface area (Å²) in [6.07, 6.45) is 0. The van der Waals surface area contributed by atoms with E-state index in [-0.39, 0.29) is 22.0 Å². The first kappa shape index (κ1) is 24.1. The second kappa shape index (κ2) is 10.8. The maximum Gasteiger partial charge on any atom is 0.345 e. The fourth-order valence-electron chi connectivity index (χ4n) is 2.74. The van der Waals surface area contributed by atoms with Gasteiger partial charge < -0.3 is 10.1 Å². The third-order valence-corrected chi connectivity index (χ3v) is 5.30. The first-order valence-corrected chi connectivity index (χ1v) is 10.6. The van der Waals surface area contributed by atoms with E-state index in [2.05, 4.69) is 15.5 Å². The number of hydrogen-bond acceptors (Lipinski definition) is 6. The largest absolute Gasteiger partial charge is 0.425 e. The number of anilines is 1. The Kier molecular flexibility index (Phi) is 7.92. The van der Waals surface area contributed by atoms with E-state index in [1.54, 1.807) is 55.5 Å². The molecule has 3 rings (SSSR count). The monoisotopic (exact) mass is 483 g/mol. The van der Waals surface area contributed by atoms with Crippen molar-refractivity contribution in [3.8, 4) is 5.75 Å². The number of Topliss-reactive ketones (excluding diaryl/α,β-unsaturated/α-hetero) is 1. The van der Waals surface area contributed by atoms with Crippen molar-refractivity contribution in [1.29, 1.82) is 0 Å². The number of esters is 1. The quantitative estimate of drug-likeness (QED) is 0.187. The number of benzene rings is 3. The third kappa shape index (κ3) is 6.25. The number of azo groups is 1. The first-order chi connectivity index (χ1) is 15.8. The molecule has 1 N–H and O–H groups in total. The average Bonchev–Trinajstić information content (AvgIpc) is 2.78. The molecule has 0 aliphatic heterocycles. The predicted molar refractivity (Wildman–Crippen MR) is 127 cm³/mol. The van der Waals surface area contributed by atoms with Crippen LogP contribution in [-0.4, -0.2) is 23.7 Å². The molecular weight excluding hydrogens is 465 g/mol. The molecule has 1 amide bonds. The number of hydrogen-bond donors (Lipinski definition) is 1. The summed E-state index contributed by atoms with van der Waals surface area (Å²) in [5.74, 6) is -1.57. The second-order valence-electron chi connectivity index (χ2n) is 7.00. The Hall–Kier alpha value is -3.55. The fourth-order valence-corrected chi connectivity index (χ4v) is 3.07. The van der Waals surface area contributed by atoms with Gasteiger partial charge in [0.05, 0.1) is 5.02 Å². The van der Waals surface area contributed by atoms with E-state index in [0.717, 1.165) is 5.56 Å². The molecule has 0 aromatic heterocycles. The van der Waals surface area contributed by atoms with Crippen LogP contribution in [0.15, 0.2) is 77.0 Å². The van der Waals surface area contributed by atoms with Crippen LogP contribution < -0.4 is 10.1 Å². The summed E-state index contributed by atoms with van der Waals surface area (Å²) in [5, 5.41) is 11.3. The molecule has 0 saturated heterocycles. The number of carbonyl (C=O) groups is 3. The van der Waals surface area contributed by atoms with Crippen LogP contribution in [-0.2, 0) is 9.59 Å². The number of amides is 1. The smallest absolute Gasteiger partial charge is 0.345 e. The van der Waals surface area contributed by atoms with Gasteiger partial charge in [-0.15, -0.1) is 0 Å². The summed E-state index contributed by atoms with van der Waals surface area (Å²) in [7, 11) is 0. The molecule has 7 nitrogen and oxygen atoms in total. The molecule has 3 aromatic rings. The Morgan fingerprint density at radius 3 is 2.36 bits per heavy atom. The first-order valence-electron chi connectivity index (χ1n) is 9.80. The van der Waals surface area contributed by atoms with Crippen molar-refractivity contribution in [3.63, 3.8) is 0 Å². The van der Waals surface area contributed by atoms with Crippen LogP contribution in [0.4, 0.5) is 11.4 Å². The molecule has 0 fully saturated rings. The minimum Gasteiger partial charge on any atom is -0.425 e. The molecule has 168 valence electrons. The van der Waals surface area contributed by atoms with Crippen LogP contribution in [0.3, 0.4) is 0 Å². The third-order valence-electron chi connectivity index (χ3n) is 4.58. The van der Waals surface area contributed by atoms with Gasteiger partial charge in [-0.1, -0.05) is 47.5 Å². The van der Waals surface area contributed by atoms with Crippen molar-refractivity contribution in [3.05, 3.63) is 87.9 Å². The predicted octanol–water partition coefficient (Wildman–Crippen LogP) is 6.20. The number of ether oxygens (including phenoxy) is 1. The molecule has 0 heterocycles. The highest BCUT2D eigenvalue weighted by atomic mass is 35.5. The number of ketones is 1. The Morgan fingerprint density at radius 1 is 0.939 bits per heavy atom. The highest BCUT2D eigenvalue weighted by Gasteiger charge is 2.25. The summed E-state index contributed by atoms with van der Waals surface area (Å²) in [6.45, 7) is 2.99. The summed E-state index contributed by atoms with van der Waals surface area (Å²) in [6, 6.07) is 16.4. The molecule has 0 saturated carbocycles. The second-order valence-corrected chi connectivity index (χ2v) is 7.81. The Labute approximate surface area is 200 Å². The van der Waals surface area contributed by atoms with E-state index in [1.807, 2.05) is 0 Å². The molecular formula is C24H19Cl2N3O4. The van der Waals surface area contributed by atoms with Gasteiger partial charge in [0, 0.05) is 16.3 Å². The number of nitrogens with zero attached hydrogens (tertiary/aromatic N) is 2. The molecule has 0 bridgehead atoms. The van der Waals surface area contributed by atoms with Crippen LogP contribution in [0.1, 0.15) is 22.8 Å². The molecule has 3 aromatic carbocycles. The van der Waals surface area contributed by atoms with Gasteiger partial charge in [-0.3, -0.25) is 9.59 Å². The van der Waals surface area contributed by atoms with Gasteiger partial charge >= 0.3 is 5.97 Å². The van der Waals surface area contributed by atoms with Gasteiger partial charge in [0.25, 0.3) is 5.91 Å². The van der Waals surface area contributed by atoms with Gasteiger partial charge in [-0.2, -0.15) is 10.2 Å². The summed E-state index contributed by atoms with van der Waals surface area (Å²) in [5.41, 5.74) is 1.65. The number of carbonyl (C=O) groups excluding carboxylic acids is 3. The SMILES string of the molecule is CC(=O)C(N=Nc1cc(C(=O)Nc2cccc(Cl)c2C)ccc1Cl)C(=O)Oc1ccccc1. The van der Waals surface area contributed by atoms with E-state index in [0.29, 0.717) is 10.7 Å². The van der Waals surface area contributed by atoms with Crippen molar-refractivity contribution in [1.82, 2.24) is 0 Å². The Morgan fingerprint density at radius 2 is 1.67 bits per heavy atom. The van der Waals surface area contributed by atoms with Crippen LogP contribution in [0, 0.1) is 6.92 Å². The summed E-state index contributed by atoms with van der Waals surface area (Å²) < 4.78 is 5.18. The van der Waals surface area contributed by atoms with E-state index in [1.165, 1.54) is 25.1 Å². The van der Waals surface area contributed by atoms with Crippen LogP contribution >= 0.6 is 23.2 Å². The van der Waals surface area contributed by atoms with Crippen molar-refractivity contribution < 1.29 is 19.1 Å². The number of nitrogens with one attached hydrogen (secondary N) is 1. The van der Waals surface area contributed by atoms with Crippen molar-refractivity contribution >= 4 is 52.2 Å². The molecule has 1 atom stereocenters. The maximum absolute atomic E-state index is 12.7. The van der Waals surface area contributed by atoms with E-state index >= 15 is 0 Å². The van der Waals surface area contributed by atoms with Crippen molar-refractivity contribution in [2.45, 2.75) is 19.9 Å².